The van der Waals surface area contributed by atoms with E-state index in [0.29, 0.717) is 44.1 Å². The van der Waals surface area contributed by atoms with Gasteiger partial charge < -0.3 is 25.0 Å². The number of ether oxygens (including phenoxy) is 2. The van der Waals surface area contributed by atoms with E-state index in [1.54, 1.807) is 25.3 Å². The number of carbonyl (C=O) groups is 2. The summed E-state index contributed by atoms with van der Waals surface area (Å²) in [5, 5.41) is 5.97. The standard InChI is InChI=1S/C25H34N4O4/c1-4-5-11-27-25(31)29-16-19(18-9-10-22(32-2)23(14-18)33-3)13-20(17-29)24(30)28-15-21-8-6-7-12-26-21/h6-10,12,14,19-20H,4-5,11,13,15-17H2,1-3H3,(H,27,31)(H,28,30). The summed E-state index contributed by atoms with van der Waals surface area (Å²) in [7, 11) is 3.20. The Balaban J connectivity index is 1.76. The number of benzene rings is 1. The first-order chi connectivity index (χ1) is 16.0. The normalized spacial score (nSPS) is 17.8. The van der Waals surface area contributed by atoms with E-state index in [0.717, 1.165) is 24.1 Å². The Kier molecular flexibility index (Phi) is 8.92. The second-order valence-electron chi connectivity index (χ2n) is 8.27. The van der Waals surface area contributed by atoms with Crippen molar-refractivity contribution in [2.75, 3.05) is 33.9 Å². The third kappa shape index (κ3) is 6.60. The lowest BCUT2D eigenvalue weighted by Crippen LogP contribution is -2.51. The Bertz CT molecular complexity index is 922. The fourth-order valence-corrected chi connectivity index (χ4v) is 4.11. The number of hydrogen-bond acceptors (Lipinski definition) is 5. The van der Waals surface area contributed by atoms with Gasteiger partial charge in [-0.2, -0.15) is 0 Å². The number of aromatic nitrogens is 1. The second kappa shape index (κ2) is 12.1. The summed E-state index contributed by atoms with van der Waals surface area (Å²) in [6, 6.07) is 11.3. The van der Waals surface area contributed by atoms with Crippen LogP contribution < -0.4 is 20.1 Å². The van der Waals surface area contributed by atoms with E-state index >= 15 is 0 Å². The van der Waals surface area contributed by atoms with Gasteiger partial charge in [0.05, 0.1) is 32.4 Å². The van der Waals surface area contributed by atoms with Gasteiger partial charge in [-0.05, 0) is 42.7 Å². The Labute approximate surface area is 195 Å². The van der Waals surface area contributed by atoms with Crippen LogP contribution in [0.3, 0.4) is 0 Å². The molecule has 0 spiro atoms. The van der Waals surface area contributed by atoms with Crippen LogP contribution in [0.15, 0.2) is 42.6 Å². The highest BCUT2D eigenvalue weighted by atomic mass is 16.5. The van der Waals surface area contributed by atoms with E-state index < -0.39 is 0 Å². The minimum Gasteiger partial charge on any atom is -0.493 e. The predicted octanol–water partition coefficient (Wildman–Crippen LogP) is 3.33. The first kappa shape index (κ1) is 24.4. The molecule has 0 radical (unpaired) electrons. The number of likely N-dealkylation sites (tertiary alicyclic amines) is 1. The number of nitrogens with zero attached hydrogens (tertiary/aromatic N) is 2. The van der Waals surface area contributed by atoms with Gasteiger partial charge in [-0.3, -0.25) is 9.78 Å². The van der Waals surface area contributed by atoms with Crippen LogP contribution in [0, 0.1) is 5.92 Å². The molecule has 2 atom stereocenters. The molecule has 3 rings (SSSR count). The Morgan fingerprint density at radius 1 is 1.09 bits per heavy atom. The van der Waals surface area contributed by atoms with Crippen molar-refractivity contribution in [2.24, 2.45) is 5.92 Å². The van der Waals surface area contributed by atoms with Crippen molar-refractivity contribution in [1.29, 1.82) is 0 Å². The summed E-state index contributed by atoms with van der Waals surface area (Å²) >= 11 is 0. The van der Waals surface area contributed by atoms with Crippen molar-refractivity contribution >= 4 is 11.9 Å². The summed E-state index contributed by atoms with van der Waals surface area (Å²) in [4.78, 5) is 31.9. The average Bonchev–Trinajstić information content (AvgIpc) is 2.87. The summed E-state index contributed by atoms with van der Waals surface area (Å²) < 4.78 is 10.8. The van der Waals surface area contributed by atoms with Crippen LogP contribution >= 0.6 is 0 Å². The van der Waals surface area contributed by atoms with Crippen LogP contribution in [0.5, 0.6) is 11.5 Å². The molecule has 2 heterocycles. The maximum absolute atomic E-state index is 13.1. The van der Waals surface area contributed by atoms with E-state index in [2.05, 4.69) is 22.5 Å². The van der Waals surface area contributed by atoms with Gasteiger partial charge in [0, 0.05) is 31.7 Å². The molecule has 8 heteroatoms. The van der Waals surface area contributed by atoms with E-state index in [9.17, 15) is 9.59 Å². The molecule has 1 aliphatic heterocycles. The molecule has 1 fully saturated rings. The Hall–Kier alpha value is -3.29. The lowest BCUT2D eigenvalue weighted by molar-refractivity contribution is -0.126. The van der Waals surface area contributed by atoms with Gasteiger partial charge in [-0.25, -0.2) is 4.79 Å². The van der Waals surface area contributed by atoms with Gasteiger partial charge >= 0.3 is 6.03 Å². The number of piperidine rings is 1. The summed E-state index contributed by atoms with van der Waals surface area (Å²) in [5.41, 5.74) is 1.81. The summed E-state index contributed by atoms with van der Waals surface area (Å²) in [6.45, 7) is 4.00. The number of unbranched alkanes of at least 4 members (excludes halogenated alkanes) is 1. The van der Waals surface area contributed by atoms with Gasteiger partial charge in [0.1, 0.15) is 0 Å². The largest absolute Gasteiger partial charge is 0.493 e. The van der Waals surface area contributed by atoms with Crippen LogP contribution in [0.1, 0.15) is 43.4 Å². The number of pyridine rings is 1. The number of amides is 3. The lowest BCUT2D eigenvalue weighted by Gasteiger charge is -2.37. The minimum absolute atomic E-state index is 0.00100. The third-order valence-electron chi connectivity index (χ3n) is 5.96. The van der Waals surface area contributed by atoms with Gasteiger partial charge in [-0.15, -0.1) is 0 Å². The zero-order chi connectivity index (χ0) is 23.6. The number of carbonyl (C=O) groups excluding carboxylic acids is 2. The van der Waals surface area contributed by atoms with E-state index in [1.807, 2.05) is 36.4 Å². The zero-order valence-corrected chi connectivity index (χ0v) is 19.7. The molecule has 2 N–H and O–H groups in total. The topological polar surface area (TPSA) is 92.8 Å². The molecule has 33 heavy (non-hydrogen) atoms. The van der Waals surface area contributed by atoms with Crippen molar-refractivity contribution in [1.82, 2.24) is 20.5 Å². The van der Waals surface area contributed by atoms with Gasteiger partial charge in [0.25, 0.3) is 0 Å². The fourth-order valence-electron chi connectivity index (χ4n) is 4.11. The molecule has 2 aromatic rings. The SMILES string of the molecule is CCCCNC(=O)N1CC(C(=O)NCc2ccccn2)CC(c2ccc(OC)c(OC)c2)C1. The van der Waals surface area contributed by atoms with Gasteiger partial charge in [0.15, 0.2) is 11.5 Å². The van der Waals surface area contributed by atoms with Crippen LogP contribution in [-0.4, -0.2) is 55.7 Å². The molecule has 1 aliphatic rings. The molecule has 0 saturated carbocycles. The molecule has 0 aliphatic carbocycles. The molecule has 1 aromatic heterocycles. The molecular weight excluding hydrogens is 420 g/mol. The van der Waals surface area contributed by atoms with Crippen molar-refractivity contribution < 1.29 is 19.1 Å². The van der Waals surface area contributed by atoms with Gasteiger partial charge in [0.2, 0.25) is 5.91 Å². The number of nitrogens with one attached hydrogen (secondary N) is 2. The Morgan fingerprint density at radius 3 is 2.61 bits per heavy atom. The fraction of sp³-hybridized carbons (Fsp3) is 0.480. The Morgan fingerprint density at radius 2 is 1.91 bits per heavy atom. The predicted molar refractivity (Wildman–Crippen MR) is 126 cm³/mol. The molecular formula is C25H34N4O4. The van der Waals surface area contributed by atoms with E-state index in [4.69, 9.17) is 9.47 Å². The monoisotopic (exact) mass is 454 g/mol. The highest BCUT2D eigenvalue weighted by Gasteiger charge is 2.34. The van der Waals surface area contributed by atoms with Crippen LogP contribution in [0.25, 0.3) is 0 Å². The maximum Gasteiger partial charge on any atom is 0.317 e. The average molecular weight is 455 g/mol. The van der Waals surface area contributed by atoms with Crippen LogP contribution in [0.2, 0.25) is 0 Å². The van der Waals surface area contributed by atoms with E-state index in [-0.39, 0.29) is 23.8 Å². The van der Waals surface area contributed by atoms with Crippen LogP contribution in [0.4, 0.5) is 4.79 Å². The van der Waals surface area contributed by atoms with Gasteiger partial charge in [-0.1, -0.05) is 25.5 Å². The molecule has 178 valence electrons. The van der Waals surface area contributed by atoms with Crippen molar-refractivity contribution in [3.8, 4) is 11.5 Å². The van der Waals surface area contributed by atoms with Crippen LogP contribution in [-0.2, 0) is 11.3 Å². The molecule has 0 bridgehead atoms. The molecule has 1 aromatic carbocycles. The second-order valence-corrected chi connectivity index (χ2v) is 8.27. The lowest BCUT2D eigenvalue weighted by atomic mass is 9.84. The first-order valence-electron chi connectivity index (χ1n) is 11.5. The smallest absolute Gasteiger partial charge is 0.317 e. The molecule has 8 nitrogen and oxygen atoms in total. The van der Waals surface area contributed by atoms with Crippen molar-refractivity contribution in [3.63, 3.8) is 0 Å². The molecule has 3 amide bonds. The minimum atomic E-state index is -0.322. The summed E-state index contributed by atoms with van der Waals surface area (Å²) in [5.74, 6) is 0.891. The maximum atomic E-state index is 13.1. The first-order valence-corrected chi connectivity index (χ1v) is 11.5. The number of hydrogen-bond donors (Lipinski definition) is 2. The number of rotatable bonds is 9. The highest BCUT2D eigenvalue weighted by Crippen LogP contribution is 2.35. The quantitative estimate of drug-likeness (QED) is 0.567. The number of urea groups is 1. The van der Waals surface area contributed by atoms with Crippen molar-refractivity contribution in [3.05, 3.63) is 53.9 Å². The molecule has 1 saturated heterocycles. The third-order valence-corrected chi connectivity index (χ3v) is 5.96. The summed E-state index contributed by atoms with van der Waals surface area (Å²) in [6.07, 6.45) is 4.28. The number of methoxy groups -OCH3 is 2. The zero-order valence-electron chi connectivity index (χ0n) is 19.7. The van der Waals surface area contributed by atoms with Crippen molar-refractivity contribution in [2.45, 2.75) is 38.6 Å². The van der Waals surface area contributed by atoms with E-state index in [1.165, 1.54) is 0 Å². The molecule has 2 unspecified atom stereocenters. The highest BCUT2D eigenvalue weighted by molar-refractivity contribution is 5.81.